The predicted octanol–water partition coefficient (Wildman–Crippen LogP) is 3.13. The van der Waals surface area contributed by atoms with Gasteiger partial charge in [0.1, 0.15) is 6.07 Å². The van der Waals surface area contributed by atoms with Crippen molar-refractivity contribution >= 4 is 44.5 Å². The summed E-state index contributed by atoms with van der Waals surface area (Å²) < 4.78 is 10.4. The number of methoxy groups -OCH3 is 1. The maximum absolute atomic E-state index is 12.3. The smallest absolute Gasteiger partial charge is 0.374 e. The molecule has 3 rings (SSSR count). The van der Waals surface area contributed by atoms with Crippen LogP contribution in [0.5, 0.6) is 0 Å². The van der Waals surface area contributed by atoms with Crippen molar-refractivity contribution < 1.29 is 13.9 Å². The topological polar surface area (TPSA) is 109 Å². The predicted molar refractivity (Wildman–Crippen MR) is 93.6 cm³/mol. The number of benzene rings is 1. The van der Waals surface area contributed by atoms with Gasteiger partial charge in [-0.1, -0.05) is 15.9 Å². The fourth-order valence-electron chi connectivity index (χ4n) is 2.24. The van der Waals surface area contributed by atoms with Gasteiger partial charge in [0, 0.05) is 10.0 Å². The molecule has 0 radical (unpaired) electrons. The largest absolute Gasteiger partial charge is 0.463 e. The standard InChI is InChI=1S/C17H10BrN3O4/c1-24-17(23)14-9(4-5-25-14)6-10(8-19)15-20-13-3-2-11(18)7-12(13)16(22)21-15/h2-7H,1H3,(H,20,21,22)/b10-6+. The highest BCUT2D eigenvalue weighted by Crippen LogP contribution is 2.21. The van der Waals surface area contributed by atoms with Gasteiger partial charge in [-0.25, -0.2) is 9.78 Å². The Bertz CT molecular complexity index is 1110. The van der Waals surface area contributed by atoms with Gasteiger partial charge in [-0.05, 0) is 30.3 Å². The number of hydrogen-bond acceptors (Lipinski definition) is 6. The molecule has 0 bridgehead atoms. The number of ether oxygens (including phenoxy) is 1. The summed E-state index contributed by atoms with van der Waals surface area (Å²) in [6.07, 6.45) is 2.71. The molecule has 1 N–H and O–H groups in total. The third-order valence-electron chi connectivity index (χ3n) is 3.41. The van der Waals surface area contributed by atoms with Gasteiger partial charge in [-0.15, -0.1) is 0 Å². The third-order valence-corrected chi connectivity index (χ3v) is 3.90. The molecule has 0 aliphatic rings. The average molecular weight is 400 g/mol. The summed E-state index contributed by atoms with van der Waals surface area (Å²) in [6, 6.07) is 8.55. The van der Waals surface area contributed by atoms with Crippen LogP contribution in [0.2, 0.25) is 0 Å². The zero-order chi connectivity index (χ0) is 18.0. The first-order valence-electron chi connectivity index (χ1n) is 7.01. The minimum atomic E-state index is -0.668. The van der Waals surface area contributed by atoms with Crippen LogP contribution in [0.3, 0.4) is 0 Å². The van der Waals surface area contributed by atoms with Gasteiger partial charge in [0.2, 0.25) is 5.76 Å². The minimum absolute atomic E-state index is 0.0395. The second kappa shape index (κ2) is 6.75. The lowest BCUT2D eigenvalue weighted by Gasteiger charge is -2.03. The second-order valence-electron chi connectivity index (χ2n) is 4.94. The van der Waals surface area contributed by atoms with Crippen LogP contribution in [0.4, 0.5) is 0 Å². The van der Waals surface area contributed by atoms with E-state index in [0.717, 1.165) is 4.47 Å². The van der Waals surface area contributed by atoms with Crippen LogP contribution in [0.15, 0.2) is 44.2 Å². The van der Waals surface area contributed by atoms with Crippen LogP contribution < -0.4 is 5.56 Å². The van der Waals surface area contributed by atoms with Crippen molar-refractivity contribution in [3.8, 4) is 6.07 Å². The summed E-state index contributed by atoms with van der Waals surface area (Å²) >= 11 is 3.30. The number of nitrogens with zero attached hydrogens (tertiary/aromatic N) is 2. The maximum atomic E-state index is 12.3. The number of halogens is 1. The van der Waals surface area contributed by atoms with Crippen LogP contribution in [-0.4, -0.2) is 23.0 Å². The number of rotatable bonds is 3. The minimum Gasteiger partial charge on any atom is -0.463 e. The van der Waals surface area contributed by atoms with E-state index in [9.17, 15) is 14.9 Å². The van der Waals surface area contributed by atoms with Gasteiger partial charge < -0.3 is 14.1 Å². The Balaban J connectivity index is 2.14. The number of aromatic nitrogens is 2. The molecule has 25 heavy (non-hydrogen) atoms. The molecule has 0 fully saturated rings. The van der Waals surface area contributed by atoms with Gasteiger partial charge in [0.25, 0.3) is 5.56 Å². The number of fused-ring (bicyclic) bond motifs is 1. The van der Waals surface area contributed by atoms with E-state index in [-0.39, 0.29) is 22.7 Å². The fourth-order valence-corrected chi connectivity index (χ4v) is 2.60. The molecule has 0 spiro atoms. The van der Waals surface area contributed by atoms with Crippen LogP contribution in [0.25, 0.3) is 22.6 Å². The highest BCUT2D eigenvalue weighted by molar-refractivity contribution is 9.10. The van der Waals surface area contributed by atoms with Gasteiger partial charge in [0.15, 0.2) is 5.82 Å². The zero-order valence-corrected chi connectivity index (χ0v) is 14.5. The van der Waals surface area contributed by atoms with E-state index in [2.05, 4.69) is 30.6 Å². The average Bonchev–Trinajstić information content (AvgIpc) is 3.07. The van der Waals surface area contributed by atoms with Crippen molar-refractivity contribution in [3.63, 3.8) is 0 Å². The summed E-state index contributed by atoms with van der Waals surface area (Å²) in [7, 11) is 1.23. The van der Waals surface area contributed by atoms with E-state index < -0.39 is 5.97 Å². The van der Waals surface area contributed by atoms with E-state index in [1.165, 1.54) is 25.5 Å². The van der Waals surface area contributed by atoms with Crippen LogP contribution in [-0.2, 0) is 4.74 Å². The normalized spacial score (nSPS) is 11.3. The number of H-pyrrole nitrogens is 1. The number of allylic oxidation sites excluding steroid dienone is 1. The zero-order valence-electron chi connectivity index (χ0n) is 12.9. The number of nitriles is 1. The molecule has 2 aromatic heterocycles. The first-order valence-corrected chi connectivity index (χ1v) is 7.80. The van der Waals surface area contributed by atoms with Crippen molar-refractivity contribution in [2.75, 3.05) is 7.11 Å². The maximum Gasteiger partial charge on any atom is 0.374 e. The molecular formula is C17H10BrN3O4. The van der Waals surface area contributed by atoms with Crippen LogP contribution >= 0.6 is 15.9 Å². The second-order valence-corrected chi connectivity index (χ2v) is 5.86. The molecule has 0 saturated heterocycles. The monoisotopic (exact) mass is 399 g/mol. The highest BCUT2D eigenvalue weighted by Gasteiger charge is 2.16. The quantitative estimate of drug-likeness (QED) is 0.535. The molecule has 0 aliphatic carbocycles. The SMILES string of the molecule is COC(=O)c1occc1/C=C(\C#N)c1nc2ccc(Br)cc2c(=O)[nH]1. The molecule has 7 nitrogen and oxygen atoms in total. The van der Waals surface area contributed by atoms with Crippen molar-refractivity contribution in [2.24, 2.45) is 0 Å². The van der Waals surface area contributed by atoms with E-state index in [1.807, 2.05) is 6.07 Å². The van der Waals surface area contributed by atoms with E-state index in [1.54, 1.807) is 18.2 Å². The molecule has 1 aromatic carbocycles. The van der Waals surface area contributed by atoms with Crippen molar-refractivity contribution in [2.45, 2.75) is 0 Å². The Labute approximate surface area is 149 Å². The summed E-state index contributed by atoms with van der Waals surface area (Å²) in [5, 5.41) is 9.83. The third kappa shape index (κ3) is 3.22. The summed E-state index contributed by atoms with van der Waals surface area (Å²) in [5.74, 6) is -0.611. The fraction of sp³-hybridized carbons (Fsp3) is 0.0588. The Hall–Kier alpha value is -3.18. The molecule has 0 saturated carbocycles. The van der Waals surface area contributed by atoms with Gasteiger partial charge in [-0.3, -0.25) is 4.79 Å². The summed E-state index contributed by atoms with van der Waals surface area (Å²) in [4.78, 5) is 30.8. The van der Waals surface area contributed by atoms with E-state index >= 15 is 0 Å². The molecule has 0 unspecified atom stereocenters. The molecule has 124 valence electrons. The molecule has 3 aromatic rings. The van der Waals surface area contributed by atoms with Crippen molar-refractivity contribution in [3.05, 3.63) is 62.5 Å². The van der Waals surface area contributed by atoms with E-state index in [0.29, 0.717) is 16.5 Å². The van der Waals surface area contributed by atoms with E-state index in [4.69, 9.17) is 4.42 Å². The molecule has 0 amide bonds. The Morgan fingerprint density at radius 1 is 1.44 bits per heavy atom. The number of nitrogens with one attached hydrogen (secondary N) is 1. The number of hydrogen-bond donors (Lipinski definition) is 1. The lowest BCUT2D eigenvalue weighted by molar-refractivity contribution is 0.0565. The van der Waals surface area contributed by atoms with Crippen molar-refractivity contribution in [1.82, 2.24) is 9.97 Å². The molecule has 2 heterocycles. The van der Waals surface area contributed by atoms with Crippen LogP contribution in [0.1, 0.15) is 21.9 Å². The molecule has 8 heteroatoms. The first-order chi connectivity index (χ1) is 12.0. The summed E-state index contributed by atoms with van der Waals surface area (Å²) in [6.45, 7) is 0. The number of carbonyl (C=O) groups excluding carboxylic acids is 1. The Morgan fingerprint density at radius 3 is 2.96 bits per heavy atom. The molecule has 0 atom stereocenters. The van der Waals surface area contributed by atoms with Gasteiger partial charge in [0.05, 0.1) is 29.8 Å². The van der Waals surface area contributed by atoms with Crippen molar-refractivity contribution in [1.29, 1.82) is 5.26 Å². The molecule has 0 aliphatic heterocycles. The van der Waals surface area contributed by atoms with Crippen LogP contribution in [0, 0.1) is 11.3 Å². The Kier molecular flexibility index (Phi) is 4.50. The Morgan fingerprint density at radius 2 is 2.24 bits per heavy atom. The van der Waals surface area contributed by atoms with Gasteiger partial charge >= 0.3 is 5.97 Å². The molecular weight excluding hydrogens is 390 g/mol. The van der Waals surface area contributed by atoms with Gasteiger partial charge in [-0.2, -0.15) is 5.26 Å². The number of esters is 1. The lowest BCUT2D eigenvalue weighted by atomic mass is 10.1. The summed E-state index contributed by atoms with van der Waals surface area (Å²) in [5.41, 5.74) is 0.502. The highest BCUT2D eigenvalue weighted by atomic mass is 79.9. The lowest BCUT2D eigenvalue weighted by Crippen LogP contribution is -2.11. The number of carbonyl (C=O) groups is 1. The number of aromatic amines is 1. The first kappa shape index (κ1) is 16.7. The number of furan rings is 1.